The first-order valence-electron chi connectivity index (χ1n) is 10.2. The Morgan fingerprint density at radius 1 is 1.13 bits per heavy atom. The van der Waals surface area contributed by atoms with Crippen LogP contribution in [0.15, 0.2) is 48.5 Å². The summed E-state index contributed by atoms with van der Waals surface area (Å²) in [6.07, 6.45) is 6.28. The molecule has 1 aliphatic carbocycles. The maximum atomic E-state index is 13.1. The Labute approximate surface area is 176 Å². The summed E-state index contributed by atoms with van der Waals surface area (Å²) >= 11 is 0. The number of rotatable bonds is 7. The second kappa shape index (κ2) is 12.3. The van der Waals surface area contributed by atoms with Gasteiger partial charge in [0.05, 0.1) is 19.6 Å². The summed E-state index contributed by atoms with van der Waals surface area (Å²) in [5.41, 5.74) is 1.94. The third-order valence-corrected chi connectivity index (χ3v) is 5.64. The van der Waals surface area contributed by atoms with Gasteiger partial charge in [0.2, 0.25) is 12.8 Å². The van der Waals surface area contributed by atoms with Crippen molar-refractivity contribution in [1.82, 2.24) is 4.90 Å². The van der Waals surface area contributed by atoms with Crippen molar-refractivity contribution in [2.24, 2.45) is 5.92 Å². The van der Waals surface area contributed by atoms with E-state index in [1.54, 1.807) is 19.2 Å². The van der Waals surface area contributed by atoms with Gasteiger partial charge in [-0.05, 0) is 47.7 Å². The van der Waals surface area contributed by atoms with E-state index >= 15 is 0 Å². The topological polar surface area (TPSA) is 29.5 Å². The number of alkyl halides is 2. The van der Waals surface area contributed by atoms with Crippen molar-refractivity contribution in [3.8, 4) is 5.75 Å². The molecule has 1 fully saturated rings. The molecule has 0 N–H and O–H groups in total. The number of methoxy groups -OCH3 is 1. The number of halogens is 3. The Bertz CT molecular complexity index is 776. The van der Waals surface area contributed by atoms with Gasteiger partial charge in [-0.1, -0.05) is 49.9 Å². The van der Waals surface area contributed by atoms with Crippen molar-refractivity contribution in [3.05, 3.63) is 65.5 Å². The van der Waals surface area contributed by atoms with Gasteiger partial charge in [-0.15, -0.1) is 0 Å². The molecule has 30 heavy (non-hydrogen) atoms. The van der Waals surface area contributed by atoms with Gasteiger partial charge < -0.3 is 9.64 Å². The normalized spacial score (nSPS) is 14.6. The van der Waals surface area contributed by atoms with E-state index in [0.29, 0.717) is 5.92 Å². The molecule has 1 atom stereocenters. The summed E-state index contributed by atoms with van der Waals surface area (Å²) in [5.74, 6) is 1.23. The Morgan fingerprint density at radius 2 is 1.77 bits per heavy atom. The summed E-state index contributed by atoms with van der Waals surface area (Å²) in [4.78, 5) is 14.8. The van der Waals surface area contributed by atoms with Gasteiger partial charge in [-0.2, -0.15) is 0 Å². The first kappa shape index (κ1) is 23.8. The SMILES string of the molecule is COc1cccc(C(CC2CCCC2)N(C)C(=O)Cc2ccc(F)cc2)c1.FCF. The second-order valence-corrected chi connectivity index (χ2v) is 7.59. The summed E-state index contributed by atoms with van der Waals surface area (Å²) < 4.78 is 37.8. The molecule has 0 radical (unpaired) electrons. The molecule has 1 amide bonds. The van der Waals surface area contributed by atoms with Crippen molar-refractivity contribution >= 4 is 5.91 Å². The second-order valence-electron chi connectivity index (χ2n) is 7.59. The minimum absolute atomic E-state index is 0.0242. The summed E-state index contributed by atoms with van der Waals surface area (Å²) in [7, 11) is 3.54. The molecule has 0 aliphatic heterocycles. The van der Waals surface area contributed by atoms with Crippen LogP contribution < -0.4 is 4.74 Å². The van der Waals surface area contributed by atoms with Crippen LogP contribution in [0.3, 0.4) is 0 Å². The Kier molecular flexibility index (Phi) is 9.71. The van der Waals surface area contributed by atoms with Crippen LogP contribution in [0.25, 0.3) is 0 Å². The molecular formula is C24H30F3NO2. The van der Waals surface area contributed by atoms with E-state index < -0.39 is 6.93 Å². The van der Waals surface area contributed by atoms with E-state index in [1.165, 1.54) is 37.8 Å². The predicted octanol–water partition coefficient (Wildman–Crippen LogP) is 6.04. The van der Waals surface area contributed by atoms with Crippen LogP contribution in [0.2, 0.25) is 0 Å². The van der Waals surface area contributed by atoms with E-state index in [0.717, 1.165) is 23.3 Å². The number of benzene rings is 2. The minimum atomic E-state index is -1.75. The third kappa shape index (κ3) is 7.08. The van der Waals surface area contributed by atoms with E-state index in [2.05, 4.69) is 6.07 Å². The zero-order valence-electron chi connectivity index (χ0n) is 17.6. The predicted molar refractivity (Wildman–Crippen MR) is 112 cm³/mol. The van der Waals surface area contributed by atoms with Crippen LogP contribution in [-0.2, 0) is 11.2 Å². The highest BCUT2D eigenvalue weighted by atomic mass is 19.3. The standard InChI is InChI=1S/C23H28FNO2.CH2F2/c1-25(23(26)15-18-10-12-20(24)13-11-18)22(14-17-6-3-4-7-17)19-8-5-9-21(16-19)27-2;2-1-3/h5,8-13,16-17,22H,3-4,6-7,14-15H2,1-2H3;1H2. The first-order chi connectivity index (χ1) is 14.5. The maximum absolute atomic E-state index is 13.1. The molecule has 164 valence electrons. The molecule has 1 unspecified atom stereocenters. The Morgan fingerprint density at radius 3 is 2.37 bits per heavy atom. The summed E-state index contributed by atoms with van der Waals surface area (Å²) in [6, 6.07) is 14.2. The fourth-order valence-electron chi connectivity index (χ4n) is 4.00. The van der Waals surface area contributed by atoms with E-state index in [-0.39, 0.29) is 24.2 Å². The van der Waals surface area contributed by atoms with Gasteiger partial charge in [0.15, 0.2) is 0 Å². The quantitative estimate of drug-likeness (QED) is 0.545. The van der Waals surface area contributed by atoms with Crippen LogP contribution in [0, 0.1) is 11.7 Å². The molecule has 1 aliphatic rings. The number of hydrogen-bond donors (Lipinski definition) is 0. The van der Waals surface area contributed by atoms with Crippen LogP contribution >= 0.6 is 0 Å². The van der Waals surface area contributed by atoms with E-state index in [4.69, 9.17) is 4.74 Å². The molecule has 0 heterocycles. The highest BCUT2D eigenvalue weighted by Gasteiger charge is 2.27. The monoisotopic (exact) mass is 421 g/mol. The fraction of sp³-hybridized carbons (Fsp3) is 0.458. The van der Waals surface area contributed by atoms with Crippen molar-refractivity contribution in [3.63, 3.8) is 0 Å². The number of hydrogen-bond acceptors (Lipinski definition) is 2. The van der Waals surface area contributed by atoms with Gasteiger partial charge in [0, 0.05) is 7.05 Å². The highest BCUT2D eigenvalue weighted by Crippen LogP contribution is 2.36. The first-order valence-corrected chi connectivity index (χ1v) is 10.2. The minimum Gasteiger partial charge on any atom is -0.497 e. The molecule has 0 bridgehead atoms. The smallest absolute Gasteiger partial charge is 0.229 e. The van der Waals surface area contributed by atoms with Crippen molar-refractivity contribution in [2.45, 2.75) is 44.6 Å². The molecular weight excluding hydrogens is 391 g/mol. The van der Waals surface area contributed by atoms with Gasteiger partial charge in [0.1, 0.15) is 11.6 Å². The lowest BCUT2D eigenvalue weighted by atomic mass is 9.92. The molecule has 6 heteroatoms. The zero-order chi connectivity index (χ0) is 21.9. The van der Waals surface area contributed by atoms with E-state index in [9.17, 15) is 18.0 Å². The molecule has 2 aromatic rings. The number of ether oxygens (including phenoxy) is 1. The fourth-order valence-corrected chi connectivity index (χ4v) is 4.00. The molecule has 2 aromatic carbocycles. The summed E-state index contributed by atoms with van der Waals surface area (Å²) in [5, 5.41) is 0. The summed E-state index contributed by atoms with van der Waals surface area (Å²) in [6.45, 7) is -1.75. The van der Waals surface area contributed by atoms with Crippen molar-refractivity contribution in [1.29, 1.82) is 0 Å². The molecule has 1 saturated carbocycles. The van der Waals surface area contributed by atoms with Gasteiger partial charge in [-0.25, -0.2) is 13.2 Å². The Hall–Kier alpha value is -2.50. The molecule has 0 spiro atoms. The highest BCUT2D eigenvalue weighted by molar-refractivity contribution is 5.79. The molecule has 3 nitrogen and oxygen atoms in total. The maximum Gasteiger partial charge on any atom is 0.229 e. The van der Waals surface area contributed by atoms with Gasteiger partial charge in [0.25, 0.3) is 0 Å². The lowest BCUT2D eigenvalue weighted by Gasteiger charge is -2.31. The third-order valence-electron chi connectivity index (χ3n) is 5.64. The number of carbonyl (C=O) groups is 1. The van der Waals surface area contributed by atoms with Crippen LogP contribution in [0.5, 0.6) is 5.75 Å². The molecule has 0 aromatic heterocycles. The van der Waals surface area contributed by atoms with Crippen LogP contribution in [0.1, 0.15) is 49.3 Å². The zero-order valence-corrected chi connectivity index (χ0v) is 17.6. The average Bonchev–Trinajstić information content (AvgIpc) is 3.27. The lowest BCUT2D eigenvalue weighted by Crippen LogP contribution is -2.33. The number of carbonyl (C=O) groups excluding carboxylic acids is 1. The number of nitrogens with zero attached hydrogens (tertiary/aromatic N) is 1. The molecule has 0 saturated heterocycles. The van der Waals surface area contributed by atoms with Crippen molar-refractivity contribution in [2.75, 3.05) is 21.1 Å². The Balaban J connectivity index is 0.00000101. The van der Waals surface area contributed by atoms with Crippen LogP contribution in [-0.4, -0.2) is 31.9 Å². The van der Waals surface area contributed by atoms with Crippen molar-refractivity contribution < 1.29 is 22.7 Å². The van der Waals surface area contributed by atoms with Crippen LogP contribution in [0.4, 0.5) is 13.2 Å². The largest absolute Gasteiger partial charge is 0.497 e. The lowest BCUT2D eigenvalue weighted by molar-refractivity contribution is -0.131. The van der Waals surface area contributed by atoms with E-state index in [1.807, 2.05) is 30.1 Å². The number of likely N-dealkylation sites (N-methyl/N-ethyl adjacent to an activating group) is 1. The average molecular weight is 422 g/mol. The van der Waals surface area contributed by atoms with Gasteiger partial charge >= 0.3 is 0 Å². The molecule has 3 rings (SSSR count). The van der Waals surface area contributed by atoms with Gasteiger partial charge in [-0.3, -0.25) is 4.79 Å². The number of amides is 1.